The van der Waals surface area contributed by atoms with Crippen LogP contribution in [-0.4, -0.2) is 21.8 Å². The highest BCUT2D eigenvalue weighted by Gasteiger charge is 2.16. The lowest BCUT2D eigenvalue weighted by atomic mass is 10.2. The van der Waals surface area contributed by atoms with Crippen molar-refractivity contribution in [3.63, 3.8) is 0 Å². The SMILES string of the molecule is COc1ccc(C=O)cc1NS(=O)(=O)c1ccccc1. The number of carbonyl (C=O) groups is 1. The molecule has 6 heteroatoms. The van der Waals surface area contributed by atoms with Crippen LogP contribution in [0.4, 0.5) is 5.69 Å². The Labute approximate surface area is 117 Å². The van der Waals surface area contributed by atoms with Gasteiger partial charge in [0.1, 0.15) is 12.0 Å². The predicted octanol–water partition coefficient (Wildman–Crippen LogP) is 2.31. The van der Waals surface area contributed by atoms with E-state index in [2.05, 4.69) is 4.72 Å². The van der Waals surface area contributed by atoms with Gasteiger partial charge in [-0.25, -0.2) is 8.42 Å². The summed E-state index contributed by atoms with van der Waals surface area (Å²) in [5.74, 6) is 0.343. The smallest absolute Gasteiger partial charge is 0.262 e. The minimum Gasteiger partial charge on any atom is -0.495 e. The minimum atomic E-state index is -3.72. The summed E-state index contributed by atoms with van der Waals surface area (Å²) in [4.78, 5) is 10.9. The predicted molar refractivity (Wildman–Crippen MR) is 75.6 cm³/mol. The molecule has 0 aromatic heterocycles. The van der Waals surface area contributed by atoms with E-state index in [1.54, 1.807) is 24.3 Å². The lowest BCUT2D eigenvalue weighted by Crippen LogP contribution is -2.13. The lowest BCUT2D eigenvalue weighted by Gasteiger charge is -2.12. The average molecular weight is 291 g/mol. The first kappa shape index (κ1) is 14.1. The standard InChI is InChI=1S/C14H13NO4S/c1-19-14-8-7-11(10-16)9-13(14)15-20(17,18)12-5-3-2-4-6-12/h2-10,15H,1H3. The molecule has 0 amide bonds. The Hall–Kier alpha value is -2.34. The molecule has 0 aliphatic heterocycles. The Morgan fingerprint density at radius 2 is 1.80 bits per heavy atom. The van der Waals surface area contributed by atoms with Crippen molar-refractivity contribution in [2.45, 2.75) is 4.90 Å². The molecule has 0 saturated carbocycles. The van der Waals surface area contributed by atoms with Gasteiger partial charge in [0.05, 0.1) is 17.7 Å². The third kappa shape index (κ3) is 2.97. The third-order valence-corrected chi connectivity index (χ3v) is 4.04. The van der Waals surface area contributed by atoms with Gasteiger partial charge in [-0.15, -0.1) is 0 Å². The van der Waals surface area contributed by atoms with E-state index in [-0.39, 0.29) is 10.6 Å². The van der Waals surface area contributed by atoms with Crippen molar-refractivity contribution in [2.75, 3.05) is 11.8 Å². The van der Waals surface area contributed by atoms with Gasteiger partial charge in [-0.3, -0.25) is 9.52 Å². The van der Waals surface area contributed by atoms with Crippen LogP contribution in [-0.2, 0) is 10.0 Å². The minimum absolute atomic E-state index is 0.138. The van der Waals surface area contributed by atoms with Crippen molar-refractivity contribution in [2.24, 2.45) is 0 Å². The van der Waals surface area contributed by atoms with Crippen LogP contribution in [0.5, 0.6) is 5.75 Å². The number of hydrogen-bond donors (Lipinski definition) is 1. The summed E-state index contributed by atoms with van der Waals surface area (Å²) < 4.78 is 31.9. The largest absolute Gasteiger partial charge is 0.495 e. The summed E-state index contributed by atoms with van der Waals surface area (Å²) in [6.45, 7) is 0. The molecule has 20 heavy (non-hydrogen) atoms. The molecule has 0 heterocycles. The van der Waals surface area contributed by atoms with Crippen molar-refractivity contribution in [1.29, 1.82) is 0 Å². The number of aldehydes is 1. The maximum atomic E-state index is 12.2. The van der Waals surface area contributed by atoms with Gasteiger partial charge in [0.25, 0.3) is 10.0 Å². The molecule has 0 spiro atoms. The van der Waals surface area contributed by atoms with E-state index < -0.39 is 10.0 Å². The Morgan fingerprint density at radius 1 is 1.10 bits per heavy atom. The maximum Gasteiger partial charge on any atom is 0.262 e. The van der Waals surface area contributed by atoms with Crippen molar-refractivity contribution in [1.82, 2.24) is 0 Å². The molecule has 5 nitrogen and oxygen atoms in total. The monoisotopic (exact) mass is 291 g/mol. The Balaban J connectivity index is 2.41. The second-order valence-corrected chi connectivity index (χ2v) is 5.68. The first-order valence-corrected chi connectivity index (χ1v) is 7.26. The van der Waals surface area contributed by atoms with Crippen LogP contribution in [0.1, 0.15) is 10.4 Å². The van der Waals surface area contributed by atoms with Crippen LogP contribution in [0.15, 0.2) is 53.4 Å². The first-order chi connectivity index (χ1) is 9.56. The highest BCUT2D eigenvalue weighted by atomic mass is 32.2. The number of nitrogens with one attached hydrogen (secondary N) is 1. The van der Waals surface area contributed by atoms with E-state index in [0.29, 0.717) is 17.6 Å². The molecule has 0 aliphatic rings. The summed E-state index contributed by atoms with van der Waals surface area (Å²) in [5.41, 5.74) is 0.581. The highest BCUT2D eigenvalue weighted by Crippen LogP contribution is 2.27. The number of carbonyl (C=O) groups excluding carboxylic acids is 1. The topological polar surface area (TPSA) is 72.5 Å². The molecule has 0 saturated heterocycles. The summed E-state index contributed by atoms with van der Waals surface area (Å²) in [6.07, 6.45) is 0.639. The molecule has 104 valence electrons. The maximum absolute atomic E-state index is 12.2. The van der Waals surface area contributed by atoms with Crippen molar-refractivity contribution in [3.8, 4) is 5.75 Å². The molecule has 2 aromatic carbocycles. The third-order valence-electron chi connectivity index (χ3n) is 2.66. The molecular weight excluding hydrogens is 278 g/mol. The fourth-order valence-electron chi connectivity index (χ4n) is 1.68. The van der Waals surface area contributed by atoms with Gasteiger partial charge in [-0.05, 0) is 30.3 Å². The van der Waals surface area contributed by atoms with E-state index in [4.69, 9.17) is 4.74 Å². The summed E-state index contributed by atoms with van der Waals surface area (Å²) in [7, 11) is -2.29. The van der Waals surface area contributed by atoms with Gasteiger partial charge in [0.2, 0.25) is 0 Å². The average Bonchev–Trinajstić information content (AvgIpc) is 2.47. The molecule has 2 rings (SSSR count). The molecule has 0 radical (unpaired) electrons. The molecule has 0 unspecified atom stereocenters. The van der Waals surface area contributed by atoms with Crippen LogP contribution in [0, 0.1) is 0 Å². The Bertz CT molecular complexity index is 711. The number of rotatable bonds is 5. The Morgan fingerprint density at radius 3 is 2.40 bits per heavy atom. The van der Waals surface area contributed by atoms with E-state index >= 15 is 0 Å². The van der Waals surface area contributed by atoms with E-state index in [1.165, 1.54) is 31.4 Å². The fourth-order valence-corrected chi connectivity index (χ4v) is 2.76. The molecule has 0 atom stereocenters. The number of sulfonamides is 1. The van der Waals surface area contributed by atoms with Gasteiger partial charge in [-0.1, -0.05) is 18.2 Å². The fraction of sp³-hybridized carbons (Fsp3) is 0.0714. The zero-order valence-corrected chi connectivity index (χ0v) is 11.6. The molecule has 0 fully saturated rings. The first-order valence-electron chi connectivity index (χ1n) is 5.78. The van der Waals surface area contributed by atoms with Gasteiger partial charge in [0.15, 0.2) is 0 Å². The molecule has 0 bridgehead atoms. The van der Waals surface area contributed by atoms with Crippen LogP contribution >= 0.6 is 0 Å². The molecule has 2 aromatic rings. The van der Waals surface area contributed by atoms with Crippen molar-refractivity contribution < 1.29 is 17.9 Å². The van der Waals surface area contributed by atoms with Crippen LogP contribution in [0.3, 0.4) is 0 Å². The summed E-state index contributed by atoms with van der Waals surface area (Å²) >= 11 is 0. The van der Waals surface area contributed by atoms with Crippen molar-refractivity contribution >= 4 is 22.0 Å². The zero-order valence-electron chi connectivity index (χ0n) is 10.7. The van der Waals surface area contributed by atoms with Gasteiger partial charge >= 0.3 is 0 Å². The second kappa shape index (κ2) is 5.75. The number of hydrogen-bond acceptors (Lipinski definition) is 4. The summed E-state index contributed by atoms with van der Waals surface area (Å²) in [6, 6.07) is 12.5. The summed E-state index contributed by atoms with van der Waals surface area (Å²) in [5, 5.41) is 0. The van der Waals surface area contributed by atoms with Gasteiger partial charge in [0, 0.05) is 5.56 Å². The number of ether oxygens (including phenoxy) is 1. The molecular formula is C14H13NO4S. The number of methoxy groups -OCH3 is 1. The van der Waals surface area contributed by atoms with E-state index in [9.17, 15) is 13.2 Å². The van der Waals surface area contributed by atoms with Crippen LogP contribution < -0.4 is 9.46 Å². The van der Waals surface area contributed by atoms with E-state index in [0.717, 1.165) is 0 Å². The van der Waals surface area contributed by atoms with Gasteiger partial charge < -0.3 is 4.74 Å². The quantitative estimate of drug-likeness (QED) is 0.858. The zero-order chi connectivity index (χ0) is 14.6. The highest BCUT2D eigenvalue weighted by molar-refractivity contribution is 7.92. The molecule has 1 N–H and O–H groups in total. The van der Waals surface area contributed by atoms with Crippen LogP contribution in [0.25, 0.3) is 0 Å². The second-order valence-electron chi connectivity index (χ2n) is 4.00. The van der Waals surface area contributed by atoms with Gasteiger partial charge in [-0.2, -0.15) is 0 Å². The number of anilines is 1. The number of benzene rings is 2. The van der Waals surface area contributed by atoms with Crippen molar-refractivity contribution in [3.05, 3.63) is 54.1 Å². The normalized spacial score (nSPS) is 10.8. The van der Waals surface area contributed by atoms with Crippen LogP contribution in [0.2, 0.25) is 0 Å². The lowest BCUT2D eigenvalue weighted by molar-refractivity contribution is 0.112. The van der Waals surface area contributed by atoms with E-state index in [1.807, 2.05) is 0 Å². The Kier molecular flexibility index (Phi) is 4.05. The molecule has 0 aliphatic carbocycles.